The molecule has 20 heavy (non-hydrogen) atoms. The molecule has 1 aliphatic rings. The van der Waals surface area contributed by atoms with Gasteiger partial charge in [-0.3, -0.25) is 0 Å². The van der Waals surface area contributed by atoms with Crippen LogP contribution in [0.15, 0.2) is 23.7 Å². The summed E-state index contributed by atoms with van der Waals surface area (Å²) in [7, 11) is -0.490. The van der Waals surface area contributed by atoms with E-state index in [1.807, 2.05) is 34.6 Å². The summed E-state index contributed by atoms with van der Waals surface area (Å²) in [4.78, 5) is 0. The average Bonchev–Trinajstić information content (AvgIpc) is 2.53. The molecule has 2 nitrogen and oxygen atoms in total. The molecule has 0 N–H and O–H groups in total. The molecule has 1 saturated heterocycles. The van der Waals surface area contributed by atoms with E-state index in [1.165, 1.54) is 6.07 Å². The first-order chi connectivity index (χ1) is 9.14. The van der Waals surface area contributed by atoms with E-state index in [1.54, 1.807) is 18.2 Å². The lowest BCUT2D eigenvalue weighted by atomic mass is 9.78. The molecule has 5 heteroatoms. The summed E-state index contributed by atoms with van der Waals surface area (Å²) in [6.45, 7) is 9.78. The van der Waals surface area contributed by atoms with Crippen LogP contribution in [-0.4, -0.2) is 18.3 Å². The van der Waals surface area contributed by atoms with Gasteiger partial charge in [0.25, 0.3) is 0 Å². The molecular formula is C15H19BClFO2. The summed E-state index contributed by atoms with van der Waals surface area (Å²) in [5, 5.41) is 0.376. The number of allylic oxidation sites excluding steroid dienone is 1. The largest absolute Gasteiger partial charge is 0.490 e. The smallest absolute Gasteiger partial charge is 0.400 e. The maximum absolute atomic E-state index is 13.8. The second-order valence-corrected chi connectivity index (χ2v) is 6.52. The van der Waals surface area contributed by atoms with E-state index >= 15 is 0 Å². The predicted molar refractivity (Wildman–Crippen MR) is 81.1 cm³/mol. The van der Waals surface area contributed by atoms with E-state index in [9.17, 15) is 4.39 Å². The number of hydrogen-bond donors (Lipinski definition) is 0. The van der Waals surface area contributed by atoms with Crippen LogP contribution in [0.1, 0.15) is 40.2 Å². The Kier molecular flexibility index (Phi) is 4.02. The van der Waals surface area contributed by atoms with Gasteiger partial charge in [-0.05, 0) is 52.2 Å². The Labute approximate surface area is 125 Å². The Morgan fingerprint density at radius 2 is 1.75 bits per heavy atom. The second-order valence-electron chi connectivity index (χ2n) is 6.11. The van der Waals surface area contributed by atoms with Crippen LogP contribution in [-0.2, 0) is 9.31 Å². The van der Waals surface area contributed by atoms with Gasteiger partial charge in [0.15, 0.2) is 0 Å². The van der Waals surface area contributed by atoms with Crippen molar-refractivity contribution in [2.75, 3.05) is 0 Å². The fourth-order valence-corrected chi connectivity index (χ4v) is 2.19. The molecule has 108 valence electrons. The van der Waals surface area contributed by atoms with Crippen LogP contribution in [0.4, 0.5) is 4.39 Å². The van der Waals surface area contributed by atoms with Crippen molar-refractivity contribution in [3.05, 3.63) is 40.1 Å². The zero-order chi connectivity index (χ0) is 15.1. The van der Waals surface area contributed by atoms with Crippen LogP contribution in [0.5, 0.6) is 0 Å². The summed E-state index contributed by atoms with van der Waals surface area (Å²) in [6.07, 6.45) is 1.68. The fourth-order valence-electron chi connectivity index (χ4n) is 1.97. The topological polar surface area (TPSA) is 18.5 Å². The summed E-state index contributed by atoms with van der Waals surface area (Å²) in [5.41, 5.74) is 0.328. The Morgan fingerprint density at radius 3 is 2.25 bits per heavy atom. The third-order valence-electron chi connectivity index (χ3n) is 4.00. The minimum Gasteiger partial charge on any atom is -0.400 e. The number of halogens is 2. The van der Waals surface area contributed by atoms with Gasteiger partial charge >= 0.3 is 7.12 Å². The third-order valence-corrected chi connectivity index (χ3v) is 4.33. The highest BCUT2D eigenvalue weighted by Crippen LogP contribution is 2.39. The molecule has 0 atom stereocenters. The van der Waals surface area contributed by atoms with Crippen LogP contribution < -0.4 is 0 Å². The van der Waals surface area contributed by atoms with E-state index < -0.39 is 18.3 Å². The van der Waals surface area contributed by atoms with Crippen molar-refractivity contribution in [1.29, 1.82) is 0 Å². The highest BCUT2D eigenvalue weighted by atomic mass is 35.5. The lowest BCUT2D eigenvalue weighted by Gasteiger charge is -2.32. The predicted octanol–water partition coefficient (Wildman–Crippen LogP) is 4.51. The molecule has 0 aromatic heterocycles. The van der Waals surface area contributed by atoms with Crippen LogP contribution in [0, 0.1) is 5.82 Å². The van der Waals surface area contributed by atoms with Crippen LogP contribution >= 0.6 is 11.6 Å². The van der Waals surface area contributed by atoms with E-state index in [4.69, 9.17) is 20.9 Å². The second kappa shape index (κ2) is 5.17. The monoisotopic (exact) mass is 296 g/mol. The zero-order valence-corrected chi connectivity index (χ0v) is 13.2. The van der Waals surface area contributed by atoms with Gasteiger partial charge in [-0.2, -0.15) is 0 Å². The lowest BCUT2D eigenvalue weighted by Crippen LogP contribution is -2.41. The van der Waals surface area contributed by atoms with E-state index in [0.717, 1.165) is 5.47 Å². The van der Waals surface area contributed by atoms with Crippen LogP contribution in [0.2, 0.25) is 5.02 Å². The minimum absolute atomic E-state index is 0.353. The minimum atomic E-state index is -0.490. The van der Waals surface area contributed by atoms with Gasteiger partial charge in [-0.1, -0.05) is 23.7 Å². The van der Waals surface area contributed by atoms with Crippen molar-refractivity contribution in [1.82, 2.24) is 0 Å². The van der Waals surface area contributed by atoms with Gasteiger partial charge in [0.05, 0.1) is 16.2 Å². The Hall–Kier alpha value is -0.835. The summed E-state index contributed by atoms with van der Waals surface area (Å²) in [6, 6.07) is 4.63. The van der Waals surface area contributed by atoms with Crippen LogP contribution in [0.3, 0.4) is 0 Å². The normalized spacial score (nSPS) is 21.4. The third kappa shape index (κ3) is 2.78. The van der Waals surface area contributed by atoms with Crippen molar-refractivity contribution < 1.29 is 13.7 Å². The molecular weight excluding hydrogens is 277 g/mol. The number of rotatable bonds is 2. The molecule has 0 spiro atoms. The van der Waals surface area contributed by atoms with Gasteiger partial charge in [-0.15, -0.1) is 0 Å². The maximum Gasteiger partial charge on any atom is 0.490 e. The Morgan fingerprint density at radius 1 is 1.20 bits per heavy atom. The summed E-state index contributed by atoms with van der Waals surface area (Å²) < 4.78 is 25.6. The highest BCUT2D eigenvalue weighted by molar-refractivity contribution is 6.55. The van der Waals surface area contributed by atoms with Gasteiger partial charge in [-0.25, -0.2) is 4.39 Å². The van der Waals surface area contributed by atoms with Gasteiger partial charge in [0.1, 0.15) is 5.82 Å². The molecule has 0 amide bonds. The SMILES string of the molecule is C/C(=C\c1c(F)cccc1Cl)B1OC(C)(C)C(C)(C)O1. The van der Waals surface area contributed by atoms with Gasteiger partial charge in [0, 0.05) is 5.56 Å². The average molecular weight is 297 g/mol. The molecule has 0 aliphatic carbocycles. The highest BCUT2D eigenvalue weighted by Gasteiger charge is 2.51. The van der Waals surface area contributed by atoms with E-state index in [-0.39, 0.29) is 5.82 Å². The first-order valence-corrected chi connectivity index (χ1v) is 7.00. The number of benzene rings is 1. The first-order valence-electron chi connectivity index (χ1n) is 6.62. The Balaban J connectivity index is 2.29. The quantitative estimate of drug-likeness (QED) is 0.747. The van der Waals surface area contributed by atoms with Crippen molar-refractivity contribution >= 4 is 24.8 Å². The number of hydrogen-bond acceptors (Lipinski definition) is 2. The lowest BCUT2D eigenvalue weighted by molar-refractivity contribution is 0.00578. The van der Waals surface area contributed by atoms with E-state index in [0.29, 0.717) is 10.6 Å². The van der Waals surface area contributed by atoms with Crippen molar-refractivity contribution in [2.24, 2.45) is 0 Å². The van der Waals surface area contributed by atoms with Crippen molar-refractivity contribution in [3.63, 3.8) is 0 Å². The van der Waals surface area contributed by atoms with E-state index in [2.05, 4.69) is 0 Å². The molecule has 1 aromatic carbocycles. The molecule has 0 unspecified atom stereocenters. The molecule has 0 bridgehead atoms. The zero-order valence-electron chi connectivity index (χ0n) is 12.5. The van der Waals surface area contributed by atoms with Crippen molar-refractivity contribution in [2.45, 2.75) is 45.8 Å². The van der Waals surface area contributed by atoms with Gasteiger partial charge in [0.2, 0.25) is 0 Å². The van der Waals surface area contributed by atoms with Gasteiger partial charge < -0.3 is 9.31 Å². The van der Waals surface area contributed by atoms with Crippen LogP contribution in [0.25, 0.3) is 6.08 Å². The first kappa shape index (κ1) is 15.6. The molecule has 1 fully saturated rings. The Bertz CT molecular complexity index is 519. The standard InChI is InChI=1S/C15H19BClFO2/c1-10(9-11-12(17)7-6-8-13(11)18)16-19-14(2,3)15(4,5)20-16/h6-9H,1-5H3/b10-9+. The van der Waals surface area contributed by atoms with Crippen molar-refractivity contribution in [3.8, 4) is 0 Å². The fraction of sp³-hybridized carbons (Fsp3) is 0.467. The summed E-state index contributed by atoms with van der Waals surface area (Å²) in [5.74, 6) is -0.353. The molecule has 1 aliphatic heterocycles. The molecule has 0 radical (unpaired) electrons. The molecule has 2 rings (SSSR count). The summed E-state index contributed by atoms with van der Waals surface area (Å²) >= 11 is 6.03. The maximum atomic E-state index is 13.8. The molecule has 1 heterocycles. The molecule has 0 saturated carbocycles. The molecule has 1 aromatic rings.